The van der Waals surface area contributed by atoms with Gasteiger partial charge in [0.1, 0.15) is 30.7 Å². The van der Waals surface area contributed by atoms with Crippen LogP contribution in [0.15, 0.2) is 0 Å². The molecule has 0 radical (unpaired) electrons. The first-order valence-electron chi connectivity index (χ1n) is 22.3. The number of rotatable bonds is 34. The summed E-state index contributed by atoms with van der Waals surface area (Å²) in [6, 6.07) is 0. The van der Waals surface area contributed by atoms with Gasteiger partial charge < -0.3 is 39.7 Å². The molecule has 3 atom stereocenters. The van der Waals surface area contributed by atoms with Crippen LogP contribution in [0.1, 0.15) is 146 Å². The summed E-state index contributed by atoms with van der Waals surface area (Å²) in [7, 11) is 0. The minimum Gasteiger partial charge on any atom is -0.481 e. The van der Waals surface area contributed by atoms with Crippen molar-refractivity contribution in [2.24, 2.45) is 16.2 Å². The molecule has 0 spiro atoms. The molecule has 1 heterocycles. The van der Waals surface area contributed by atoms with Crippen LogP contribution >= 0.6 is 11.8 Å². The molecule has 0 saturated carbocycles. The van der Waals surface area contributed by atoms with Crippen LogP contribution < -0.4 is 0 Å². The lowest BCUT2D eigenvalue weighted by atomic mass is 9.91. The minimum atomic E-state index is -0.912. The third-order valence-corrected chi connectivity index (χ3v) is 11.6. The normalized spacial score (nSPS) is 15.0. The molecule has 1 aliphatic heterocycles. The summed E-state index contributed by atoms with van der Waals surface area (Å²) in [5, 5.41) is 43.9. The van der Waals surface area contributed by atoms with Gasteiger partial charge in [-0.05, 0) is 99.3 Å². The Labute approximate surface area is 388 Å². The average molecular weight is 958 g/mol. The van der Waals surface area contributed by atoms with Gasteiger partial charge in [0.25, 0.3) is 0 Å². The topological polar surface area (TPSA) is 288 Å². The Bertz CT molecular complexity index is 1390. The van der Waals surface area contributed by atoms with Crippen molar-refractivity contribution in [1.29, 1.82) is 0 Å². The molecule has 1 aliphatic rings. The molecule has 3 unspecified atom stereocenters. The van der Waals surface area contributed by atoms with Crippen molar-refractivity contribution in [2.45, 2.75) is 163 Å². The maximum Gasteiger partial charge on any atom is 0.317 e. The number of hydrogen-bond acceptors (Lipinski definition) is 17. The highest BCUT2D eigenvalue weighted by Gasteiger charge is 2.32. The number of carbonyl (C=O) groups is 7. The van der Waals surface area contributed by atoms with E-state index in [0.29, 0.717) is 83.5 Å². The number of unbranched alkanes of at least 4 members (excludes halogenated alkanes) is 2. The molecule has 0 aromatic carbocycles. The molecule has 5 N–H and O–H groups in total. The first kappa shape index (κ1) is 63.5. The van der Waals surface area contributed by atoms with Crippen LogP contribution in [0, 0.1) is 16.2 Å². The van der Waals surface area contributed by atoms with Crippen LogP contribution in [0.4, 0.5) is 0 Å². The number of hydrogen-bond donors (Lipinski definition) is 5. The molecular weight excluding hydrogens is 879 g/mol. The van der Waals surface area contributed by atoms with Crippen LogP contribution in [-0.2, 0) is 67.3 Å². The Morgan fingerprint density at radius 1 is 0.585 bits per heavy atom. The van der Waals surface area contributed by atoms with E-state index in [2.05, 4.69) is 0 Å². The number of aliphatic hydroxyl groups is 1. The molecule has 65 heavy (non-hydrogen) atoms. The Morgan fingerprint density at radius 3 is 1.48 bits per heavy atom. The average Bonchev–Trinajstić information content (AvgIpc) is 3.72. The smallest absolute Gasteiger partial charge is 0.317 e. The number of ether oxygens (including phenoxy) is 3. The van der Waals surface area contributed by atoms with E-state index in [1.54, 1.807) is 27.7 Å². The first-order chi connectivity index (χ1) is 30.3. The van der Waals surface area contributed by atoms with E-state index in [4.69, 9.17) is 54.2 Å². The number of nitrogens with zero attached hydrogens (tertiary/aromatic N) is 1. The Hall–Kier alpha value is -3.60. The molecule has 20 nitrogen and oxygen atoms in total. The highest BCUT2D eigenvalue weighted by atomic mass is 32.2. The van der Waals surface area contributed by atoms with Crippen molar-refractivity contribution in [3.05, 3.63) is 0 Å². The van der Waals surface area contributed by atoms with E-state index in [0.717, 1.165) is 12.8 Å². The van der Waals surface area contributed by atoms with Crippen LogP contribution in [0.2, 0.25) is 0 Å². The number of β-amino-alcohol motifs (C(OH)–C–C–N with tert-alkyl or cyclic N) is 1. The van der Waals surface area contributed by atoms with Crippen molar-refractivity contribution in [3.63, 3.8) is 0 Å². The molecular formula is C44H79NO19S. The summed E-state index contributed by atoms with van der Waals surface area (Å²) in [6.45, 7) is 18.5. The second kappa shape index (κ2) is 35.6. The summed E-state index contributed by atoms with van der Waals surface area (Å²) in [5.41, 5.74) is -1.56. The van der Waals surface area contributed by atoms with Gasteiger partial charge in [0.2, 0.25) is 0 Å². The zero-order chi connectivity index (χ0) is 50.1. The lowest BCUT2D eigenvalue weighted by Crippen LogP contribution is -2.37. The van der Waals surface area contributed by atoms with Gasteiger partial charge in [-0.25, -0.2) is 19.6 Å². The molecule has 0 amide bonds. The molecule has 1 rings (SSSR count). The fourth-order valence-corrected chi connectivity index (χ4v) is 5.64. The van der Waals surface area contributed by atoms with Gasteiger partial charge in [-0.3, -0.25) is 38.5 Å². The van der Waals surface area contributed by atoms with Gasteiger partial charge in [-0.2, -0.15) is 0 Å². The van der Waals surface area contributed by atoms with E-state index in [1.807, 2.05) is 39.5 Å². The highest BCUT2D eigenvalue weighted by molar-refractivity contribution is 8.00. The summed E-state index contributed by atoms with van der Waals surface area (Å²) < 4.78 is 15.6. The van der Waals surface area contributed by atoms with E-state index in [1.165, 1.54) is 11.8 Å². The number of aliphatic carboxylic acids is 4. The zero-order valence-corrected chi connectivity index (χ0v) is 40.9. The van der Waals surface area contributed by atoms with Gasteiger partial charge in [-0.15, -0.1) is 11.8 Å². The van der Waals surface area contributed by atoms with Gasteiger partial charge in [0, 0.05) is 38.2 Å². The number of aliphatic hydroxyl groups excluding tert-OH is 1. The summed E-state index contributed by atoms with van der Waals surface area (Å²) in [5.74, 6) is -3.71. The van der Waals surface area contributed by atoms with E-state index in [-0.39, 0.29) is 63.6 Å². The zero-order valence-electron chi connectivity index (χ0n) is 40.1. The SMILES string of the molecule is CCC(C)(C)C(=O)OCC(CCCCC(=O)O)OOCCCC(=O)O.CCC(C)(C)C(=O)OCC(O)CN1CSC(C(=O)O)C1.CCC(C)(C)C(=O)OCCCCOOCCCC(=O)O. The number of esters is 3. The maximum absolute atomic E-state index is 12.0. The standard InChI is InChI=1S/C17H30O8.C14H26O6.C13H23NO5S/c1-4-17(2,3)16(22)23-12-13(8-5-6-9-14(18)19)25-24-11-7-10-15(20)21;1-4-14(2,3)13(17)18-9-5-6-10-19-20-11-7-8-12(15)16;1-4-13(2,3)12(18)19-7-9(15)5-14-6-10(11(16)17)20-8-14/h13H,4-12H2,1-3H3,(H,18,19)(H,20,21);4-11H2,1-3H3,(H,15,16);9-10,15H,4-8H2,1-3H3,(H,16,17). The molecule has 1 fully saturated rings. The van der Waals surface area contributed by atoms with Crippen LogP contribution in [0.5, 0.6) is 0 Å². The predicted molar refractivity (Wildman–Crippen MR) is 238 cm³/mol. The fourth-order valence-electron chi connectivity index (χ4n) is 4.58. The molecule has 0 bridgehead atoms. The Kier molecular flexibility index (Phi) is 34.7. The Morgan fingerprint density at radius 2 is 1.02 bits per heavy atom. The van der Waals surface area contributed by atoms with Gasteiger partial charge in [-0.1, -0.05) is 27.2 Å². The lowest BCUT2D eigenvalue weighted by molar-refractivity contribution is -0.330. The van der Waals surface area contributed by atoms with Crippen molar-refractivity contribution in [2.75, 3.05) is 58.6 Å². The number of thioether (sulfide) groups is 1. The summed E-state index contributed by atoms with van der Waals surface area (Å²) in [6.07, 6.45) is 4.60. The third-order valence-electron chi connectivity index (χ3n) is 10.3. The summed E-state index contributed by atoms with van der Waals surface area (Å²) in [4.78, 5) is 99.1. The van der Waals surface area contributed by atoms with Gasteiger partial charge in [0.05, 0.1) is 42.7 Å². The maximum atomic E-state index is 12.0. The van der Waals surface area contributed by atoms with E-state index < -0.39 is 57.6 Å². The van der Waals surface area contributed by atoms with Crippen molar-refractivity contribution >= 4 is 53.5 Å². The van der Waals surface area contributed by atoms with Crippen LogP contribution in [-0.4, -0.2) is 148 Å². The molecule has 0 aromatic heterocycles. The molecule has 1 saturated heterocycles. The fraction of sp³-hybridized carbons (Fsp3) is 0.841. The number of carboxylic acid groups (broad SMARTS) is 4. The number of carboxylic acids is 4. The summed E-state index contributed by atoms with van der Waals surface area (Å²) >= 11 is 1.34. The molecule has 0 aliphatic carbocycles. The quantitative estimate of drug-likeness (QED) is 0.0159. The molecule has 0 aromatic rings. The Balaban J connectivity index is 0. The van der Waals surface area contributed by atoms with E-state index in [9.17, 15) is 38.7 Å². The second-order valence-electron chi connectivity index (χ2n) is 17.4. The largest absolute Gasteiger partial charge is 0.481 e. The van der Waals surface area contributed by atoms with Crippen molar-refractivity contribution in [1.82, 2.24) is 4.90 Å². The lowest BCUT2D eigenvalue weighted by Gasteiger charge is -2.23. The minimum absolute atomic E-state index is 0.00820. The number of carbonyl (C=O) groups excluding carboxylic acids is 3. The van der Waals surface area contributed by atoms with Crippen LogP contribution in [0.3, 0.4) is 0 Å². The second-order valence-corrected chi connectivity index (χ2v) is 18.5. The van der Waals surface area contributed by atoms with E-state index >= 15 is 0 Å². The predicted octanol–water partition coefficient (Wildman–Crippen LogP) is 6.14. The third kappa shape index (κ3) is 33.5. The molecule has 380 valence electrons. The first-order valence-corrected chi connectivity index (χ1v) is 23.3. The van der Waals surface area contributed by atoms with Gasteiger partial charge >= 0.3 is 41.8 Å². The monoisotopic (exact) mass is 957 g/mol. The highest BCUT2D eigenvalue weighted by Crippen LogP contribution is 2.25. The molecule has 21 heteroatoms. The van der Waals surface area contributed by atoms with Crippen molar-refractivity contribution < 1.29 is 92.9 Å². The van der Waals surface area contributed by atoms with Crippen LogP contribution in [0.25, 0.3) is 0 Å². The van der Waals surface area contributed by atoms with Gasteiger partial charge in [0.15, 0.2) is 0 Å². The van der Waals surface area contributed by atoms with Crippen molar-refractivity contribution in [3.8, 4) is 0 Å².